The molecule has 1 saturated carbocycles. The largest absolute Gasteiger partial charge is 0.466 e. The zero-order valence-corrected chi connectivity index (χ0v) is 11.6. The Labute approximate surface area is 113 Å². The van der Waals surface area contributed by atoms with Gasteiger partial charge in [-0.2, -0.15) is 9.36 Å². The normalized spacial score (nSPS) is 22.4. The summed E-state index contributed by atoms with van der Waals surface area (Å²) in [5, 5.41) is 0.774. The number of ether oxygens (including phenoxy) is 1. The van der Waals surface area contributed by atoms with Crippen LogP contribution in [0.4, 0.5) is 0 Å². The van der Waals surface area contributed by atoms with Crippen LogP contribution in [-0.2, 0) is 6.54 Å². The summed E-state index contributed by atoms with van der Waals surface area (Å²) >= 11 is 1.42. The fraction of sp³-hybridized carbons (Fsp3) is 0.846. The van der Waals surface area contributed by atoms with E-state index in [4.69, 9.17) is 4.74 Å². The van der Waals surface area contributed by atoms with E-state index >= 15 is 0 Å². The van der Waals surface area contributed by atoms with Crippen molar-refractivity contribution >= 4 is 11.5 Å². The predicted octanol–water partition coefficient (Wildman–Crippen LogP) is 2.85. The smallest absolute Gasteiger partial charge is 0.293 e. The van der Waals surface area contributed by atoms with Crippen LogP contribution in [0.5, 0.6) is 5.19 Å². The van der Waals surface area contributed by atoms with Crippen LogP contribution in [0.1, 0.15) is 50.8 Å². The van der Waals surface area contributed by atoms with E-state index in [0.29, 0.717) is 6.10 Å². The fourth-order valence-corrected chi connectivity index (χ4v) is 3.42. The highest BCUT2D eigenvalue weighted by Gasteiger charge is 2.18. The monoisotopic (exact) mass is 267 g/mol. The van der Waals surface area contributed by atoms with Gasteiger partial charge in [0.25, 0.3) is 5.19 Å². The van der Waals surface area contributed by atoms with E-state index in [-0.39, 0.29) is 0 Å². The van der Waals surface area contributed by atoms with Crippen molar-refractivity contribution in [2.24, 2.45) is 0 Å². The average Bonchev–Trinajstić information content (AvgIpc) is 3.03. The van der Waals surface area contributed by atoms with Crippen molar-refractivity contribution in [3.63, 3.8) is 0 Å². The molecule has 2 fully saturated rings. The lowest BCUT2D eigenvalue weighted by Gasteiger charge is -2.20. The third kappa shape index (κ3) is 3.20. The molecule has 3 rings (SSSR count). The van der Waals surface area contributed by atoms with Crippen molar-refractivity contribution in [2.75, 3.05) is 13.1 Å². The maximum atomic E-state index is 5.93. The lowest BCUT2D eigenvalue weighted by atomic mass is 9.98. The van der Waals surface area contributed by atoms with E-state index in [1.54, 1.807) is 0 Å². The summed E-state index contributed by atoms with van der Waals surface area (Å²) in [6, 6.07) is 0. The molecule has 100 valence electrons. The van der Waals surface area contributed by atoms with E-state index in [0.717, 1.165) is 17.6 Å². The Hall–Kier alpha value is -0.680. The zero-order chi connectivity index (χ0) is 12.2. The van der Waals surface area contributed by atoms with E-state index in [9.17, 15) is 0 Å². The number of nitrogens with zero attached hydrogens (tertiary/aromatic N) is 3. The number of aromatic nitrogens is 2. The molecule has 0 aromatic carbocycles. The SMILES string of the molecule is C1CCC(Oc2nc(CN3CCCC3)ns2)CC1. The van der Waals surface area contributed by atoms with Crippen molar-refractivity contribution in [3.05, 3.63) is 5.82 Å². The number of hydrogen-bond acceptors (Lipinski definition) is 5. The van der Waals surface area contributed by atoms with Crippen molar-refractivity contribution < 1.29 is 4.74 Å². The van der Waals surface area contributed by atoms with Crippen LogP contribution < -0.4 is 4.74 Å². The second kappa shape index (κ2) is 5.97. The third-order valence-corrected chi connectivity index (χ3v) is 4.48. The molecule has 1 aromatic heterocycles. The predicted molar refractivity (Wildman–Crippen MR) is 71.9 cm³/mol. The quantitative estimate of drug-likeness (QED) is 0.841. The van der Waals surface area contributed by atoms with Gasteiger partial charge in [0.05, 0.1) is 6.54 Å². The lowest BCUT2D eigenvalue weighted by molar-refractivity contribution is 0.154. The standard InChI is InChI=1S/C13H21N3OS/c1-2-6-11(7-3-1)17-13-14-12(15-18-13)10-16-8-4-5-9-16/h11H,1-10H2. The van der Waals surface area contributed by atoms with Crippen molar-refractivity contribution in [2.45, 2.75) is 57.6 Å². The molecular weight excluding hydrogens is 246 g/mol. The van der Waals surface area contributed by atoms with Crippen LogP contribution in [0.25, 0.3) is 0 Å². The number of rotatable bonds is 4. The highest BCUT2D eigenvalue weighted by Crippen LogP contribution is 2.24. The molecular formula is C13H21N3OS. The minimum absolute atomic E-state index is 0.381. The summed E-state index contributed by atoms with van der Waals surface area (Å²) < 4.78 is 10.3. The Morgan fingerprint density at radius 3 is 2.67 bits per heavy atom. The molecule has 1 aromatic rings. The Kier molecular flexibility index (Phi) is 4.10. The van der Waals surface area contributed by atoms with Gasteiger partial charge >= 0.3 is 0 Å². The van der Waals surface area contributed by atoms with Crippen LogP contribution in [0, 0.1) is 0 Å². The van der Waals surface area contributed by atoms with Crippen molar-refractivity contribution in [3.8, 4) is 5.19 Å². The van der Waals surface area contributed by atoms with Crippen LogP contribution in [-0.4, -0.2) is 33.5 Å². The van der Waals surface area contributed by atoms with Gasteiger partial charge in [0, 0.05) is 11.5 Å². The average molecular weight is 267 g/mol. The Morgan fingerprint density at radius 2 is 1.89 bits per heavy atom. The van der Waals surface area contributed by atoms with Gasteiger partial charge in [-0.3, -0.25) is 4.90 Å². The summed E-state index contributed by atoms with van der Waals surface area (Å²) in [4.78, 5) is 6.93. The Bertz CT molecular complexity index is 370. The first-order valence-corrected chi connectivity index (χ1v) is 7.89. The second-order valence-electron chi connectivity index (χ2n) is 5.34. The van der Waals surface area contributed by atoms with Crippen molar-refractivity contribution in [1.29, 1.82) is 0 Å². The van der Waals surface area contributed by atoms with Gasteiger partial charge in [0.15, 0.2) is 5.82 Å². The minimum atomic E-state index is 0.381. The molecule has 5 heteroatoms. The first-order chi connectivity index (χ1) is 8.90. The fourth-order valence-electron chi connectivity index (χ4n) is 2.82. The third-order valence-electron chi connectivity index (χ3n) is 3.83. The van der Waals surface area contributed by atoms with Gasteiger partial charge in [-0.05, 0) is 51.6 Å². The van der Waals surface area contributed by atoms with Gasteiger partial charge in [-0.25, -0.2) is 0 Å². The van der Waals surface area contributed by atoms with Gasteiger partial charge in [-0.15, -0.1) is 0 Å². The summed E-state index contributed by atoms with van der Waals surface area (Å²) in [5.41, 5.74) is 0. The summed E-state index contributed by atoms with van der Waals surface area (Å²) in [5.74, 6) is 0.938. The van der Waals surface area contributed by atoms with Gasteiger partial charge < -0.3 is 4.74 Å². The molecule has 4 nitrogen and oxygen atoms in total. The molecule has 2 aliphatic rings. The highest BCUT2D eigenvalue weighted by atomic mass is 32.1. The van der Waals surface area contributed by atoms with Crippen LogP contribution >= 0.6 is 11.5 Å². The highest BCUT2D eigenvalue weighted by molar-refractivity contribution is 7.07. The Morgan fingerprint density at radius 1 is 1.11 bits per heavy atom. The molecule has 1 aliphatic heterocycles. The lowest BCUT2D eigenvalue weighted by Crippen LogP contribution is -2.20. The maximum absolute atomic E-state index is 5.93. The molecule has 0 bridgehead atoms. The van der Waals surface area contributed by atoms with Crippen LogP contribution in [0.2, 0.25) is 0 Å². The van der Waals surface area contributed by atoms with Gasteiger partial charge in [0.1, 0.15) is 6.10 Å². The molecule has 0 radical (unpaired) electrons. The maximum Gasteiger partial charge on any atom is 0.293 e. The minimum Gasteiger partial charge on any atom is -0.466 e. The van der Waals surface area contributed by atoms with Crippen molar-refractivity contribution in [1.82, 2.24) is 14.3 Å². The van der Waals surface area contributed by atoms with E-state index in [2.05, 4.69) is 14.3 Å². The first kappa shape index (κ1) is 12.4. The molecule has 1 aliphatic carbocycles. The van der Waals surface area contributed by atoms with Gasteiger partial charge in [0.2, 0.25) is 0 Å². The zero-order valence-electron chi connectivity index (χ0n) is 10.8. The summed E-state index contributed by atoms with van der Waals surface area (Å²) in [7, 11) is 0. The molecule has 18 heavy (non-hydrogen) atoms. The molecule has 1 saturated heterocycles. The Balaban J connectivity index is 1.52. The second-order valence-corrected chi connectivity index (χ2v) is 6.05. The number of hydrogen-bond donors (Lipinski definition) is 0. The summed E-state index contributed by atoms with van der Waals surface area (Å²) in [6.07, 6.45) is 9.32. The molecule has 0 amide bonds. The molecule has 0 N–H and O–H groups in total. The number of likely N-dealkylation sites (tertiary alicyclic amines) is 1. The summed E-state index contributed by atoms with van der Waals surface area (Å²) in [6.45, 7) is 3.28. The van der Waals surface area contributed by atoms with Gasteiger partial charge in [-0.1, -0.05) is 6.42 Å². The van der Waals surface area contributed by atoms with Crippen LogP contribution in [0.3, 0.4) is 0 Å². The molecule has 0 unspecified atom stereocenters. The molecule has 0 atom stereocenters. The molecule has 0 spiro atoms. The topological polar surface area (TPSA) is 38.2 Å². The molecule has 2 heterocycles. The van der Waals surface area contributed by atoms with E-state index < -0.39 is 0 Å². The van der Waals surface area contributed by atoms with E-state index in [1.807, 2.05) is 0 Å². The van der Waals surface area contributed by atoms with E-state index in [1.165, 1.54) is 69.6 Å². The first-order valence-electron chi connectivity index (χ1n) is 7.12. The van der Waals surface area contributed by atoms with Crippen LogP contribution in [0.15, 0.2) is 0 Å².